The van der Waals surface area contributed by atoms with Gasteiger partial charge in [0, 0.05) is 24.3 Å². The van der Waals surface area contributed by atoms with E-state index in [4.69, 9.17) is 0 Å². The van der Waals surface area contributed by atoms with Crippen LogP contribution in [0.3, 0.4) is 0 Å². The van der Waals surface area contributed by atoms with Gasteiger partial charge >= 0.3 is 0 Å². The molecule has 150 valence electrons. The van der Waals surface area contributed by atoms with Crippen molar-refractivity contribution in [3.63, 3.8) is 0 Å². The van der Waals surface area contributed by atoms with Gasteiger partial charge in [0.15, 0.2) is 0 Å². The number of hydrogen-bond donors (Lipinski definition) is 1. The standard InChI is InChI=1S/C22H21N7O/c1-13-5-6-17-15(10-13)11-16(14(2)25-17)22(30)29-9-3-4-19(29)21-26-20(27-28-21)18-12-23-7-8-24-18/h5-8,10-12,19H,3-4,9H2,1-2H3,(H,26,27,28). The summed E-state index contributed by atoms with van der Waals surface area (Å²) in [5, 5.41) is 8.25. The molecule has 5 rings (SSSR count). The summed E-state index contributed by atoms with van der Waals surface area (Å²) < 4.78 is 0. The number of aryl methyl sites for hydroxylation is 2. The molecule has 8 nitrogen and oxygen atoms in total. The third-order valence-electron chi connectivity index (χ3n) is 5.52. The molecule has 0 saturated carbocycles. The average molecular weight is 399 g/mol. The number of carbonyl (C=O) groups is 1. The van der Waals surface area contributed by atoms with E-state index in [1.165, 1.54) is 0 Å². The van der Waals surface area contributed by atoms with E-state index in [0.29, 0.717) is 29.5 Å². The minimum Gasteiger partial charge on any atom is -0.328 e. The van der Waals surface area contributed by atoms with Crippen LogP contribution in [0.25, 0.3) is 22.4 Å². The van der Waals surface area contributed by atoms with E-state index in [2.05, 4.69) is 36.2 Å². The monoisotopic (exact) mass is 399 g/mol. The van der Waals surface area contributed by atoms with Crippen molar-refractivity contribution in [2.24, 2.45) is 0 Å². The highest BCUT2D eigenvalue weighted by Gasteiger charge is 2.34. The lowest BCUT2D eigenvalue weighted by Gasteiger charge is -2.23. The highest BCUT2D eigenvalue weighted by atomic mass is 16.2. The summed E-state index contributed by atoms with van der Waals surface area (Å²) in [5.41, 5.74) is 4.01. The first-order valence-electron chi connectivity index (χ1n) is 9.98. The molecule has 8 heteroatoms. The van der Waals surface area contributed by atoms with Crippen molar-refractivity contribution in [2.45, 2.75) is 32.7 Å². The van der Waals surface area contributed by atoms with Crippen LogP contribution in [-0.4, -0.2) is 47.5 Å². The maximum atomic E-state index is 13.5. The van der Waals surface area contributed by atoms with Crippen LogP contribution in [0.4, 0.5) is 0 Å². The van der Waals surface area contributed by atoms with Crippen molar-refractivity contribution >= 4 is 16.8 Å². The Bertz CT molecular complexity index is 1230. The summed E-state index contributed by atoms with van der Waals surface area (Å²) in [6.45, 7) is 4.60. The molecule has 1 atom stereocenters. The van der Waals surface area contributed by atoms with Gasteiger partial charge in [0.25, 0.3) is 5.91 Å². The Kier molecular flexibility index (Phi) is 4.46. The number of likely N-dealkylation sites (tertiary alicyclic amines) is 1. The second-order valence-electron chi connectivity index (χ2n) is 7.61. The van der Waals surface area contributed by atoms with Gasteiger partial charge in [-0.05, 0) is 44.9 Å². The van der Waals surface area contributed by atoms with E-state index < -0.39 is 0 Å². The zero-order chi connectivity index (χ0) is 20.7. The Morgan fingerprint density at radius 1 is 1.17 bits per heavy atom. The number of amides is 1. The van der Waals surface area contributed by atoms with Gasteiger partial charge in [-0.25, -0.2) is 9.97 Å². The van der Waals surface area contributed by atoms with Crippen LogP contribution in [0.2, 0.25) is 0 Å². The first-order valence-corrected chi connectivity index (χ1v) is 9.98. The molecule has 3 aromatic heterocycles. The quantitative estimate of drug-likeness (QED) is 0.567. The van der Waals surface area contributed by atoms with Gasteiger partial charge in [0.1, 0.15) is 11.5 Å². The van der Waals surface area contributed by atoms with E-state index in [1.807, 2.05) is 36.9 Å². The highest BCUT2D eigenvalue weighted by molar-refractivity contribution is 5.99. The predicted molar refractivity (Wildman–Crippen MR) is 112 cm³/mol. The Morgan fingerprint density at radius 3 is 2.90 bits per heavy atom. The smallest absolute Gasteiger partial charge is 0.256 e. The van der Waals surface area contributed by atoms with Crippen LogP contribution < -0.4 is 0 Å². The zero-order valence-electron chi connectivity index (χ0n) is 16.8. The molecule has 1 saturated heterocycles. The predicted octanol–water partition coefficient (Wildman–Crippen LogP) is 3.40. The molecule has 1 aromatic carbocycles. The topological polar surface area (TPSA) is 101 Å². The molecular formula is C22H21N7O. The number of aromatic nitrogens is 6. The molecule has 1 fully saturated rings. The summed E-state index contributed by atoms with van der Waals surface area (Å²) >= 11 is 0. The fourth-order valence-corrected chi connectivity index (χ4v) is 4.01. The molecule has 1 unspecified atom stereocenters. The van der Waals surface area contributed by atoms with Crippen molar-refractivity contribution in [3.8, 4) is 11.5 Å². The van der Waals surface area contributed by atoms with Crippen LogP contribution in [-0.2, 0) is 0 Å². The number of carbonyl (C=O) groups excluding carboxylic acids is 1. The lowest BCUT2D eigenvalue weighted by molar-refractivity contribution is 0.0729. The van der Waals surface area contributed by atoms with E-state index in [9.17, 15) is 4.79 Å². The van der Waals surface area contributed by atoms with Crippen LogP contribution >= 0.6 is 0 Å². The number of rotatable bonds is 3. The number of nitrogens with zero attached hydrogens (tertiary/aromatic N) is 6. The number of pyridine rings is 1. The lowest BCUT2D eigenvalue weighted by atomic mass is 10.1. The van der Waals surface area contributed by atoms with E-state index in [0.717, 1.165) is 35.0 Å². The molecule has 1 aliphatic heterocycles. The third kappa shape index (κ3) is 3.20. The van der Waals surface area contributed by atoms with Crippen LogP contribution in [0.5, 0.6) is 0 Å². The Morgan fingerprint density at radius 2 is 2.07 bits per heavy atom. The largest absolute Gasteiger partial charge is 0.328 e. The zero-order valence-corrected chi connectivity index (χ0v) is 16.8. The molecule has 1 N–H and O–H groups in total. The number of hydrogen-bond acceptors (Lipinski definition) is 6. The van der Waals surface area contributed by atoms with Gasteiger partial charge in [-0.15, -0.1) is 0 Å². The van der Waals surface area contributed by atoms with E-state index in [-0.39, 0.29) is 11.9 Å². The van der Waals surface area contributed by atoms with Crippen molar-refractivity contribution in [2.75, 3.05) is 6.54 Å². The van der Waals surface area contributed by atoms with Crippen molar-refractivity contribution < 1.29 is 4.79 Å². The van der Waals surface area contributed by atoms with E-state index in [1.54, 1.807) is 18.6 Å². The van der Waals surface area contributed by atoms with Crippen molar-refractivity contribution in [1.29, 1.82) is 0 Å². The fraction of sp³-hybridized carbons (Fsp3) is 0.273. The minimum atomic E-state index is -0.150. The normalized spacial score (nSPS) is 16.3. The molecule has 0 radical (unpaired) electrons. The maximum absolute atomic E-state index is 13.5. The second kappa shape index (κ2) is 7.29. The number of benzene rings is 1. The number of nitrogens with one attached hydrogen (secondary N) is 1. The Hall–Kier alpha value is -3.68. The molecule has 30 heavy (non-hydrogen) atoms. The van der Waals surface area contributed by atoms with Gasteiger partial charge in [-0.1, -0.05) is 11.6 Å². The number of H-pyrrole nitrogens is 1. The lowest BCUT2D eigenvalue weighted by Crippen LogP contribution is -2.31. The third-order valence-corrected chi connectivity index (χ3v) is 5.52. The summed E-state index contributed by atoms with van der Waals surface area (Å²) in [7, 11) is 0. The van der Waals surface area contributed by atoms with Gasteiger partial charge in [-0.2, -0.15) is 5.10 Å². The molecule has 1 aliphatic rings. The number of aromatic amines is 1. The van der Waals surface area contributed by atoms with Crippen LogP contribution in [0.15, 0.2) is 42.9 Å². The molecule has 0 spiro atoms. The van der Waals surface area contributed by atoms with Gasteiger partial charge < -0.3 is 4.90 Å². The summed E-state index contributed by atoms with van der Waals surface area (Å²) in [6, 6.07) is 7.89. The summed E-state index contributed by atoms with van der Waals surface area (Å²) in [4.78, 5) is 32.9. The first-order chi connectivity index (χ1) is 14.6. The molecule has 0 bridgehead atoms. The molecule has 4 aromatic rings. The maximum Gasteiger partial charge on any atom is 0.256 e. The molecular weight excluding hydrogens is 378 g/mol. The summed E-state index contributed by atoms with van der Waals surface area (Å²) in [5.74, 6) is 1.13. The summed E-state index contributed by atoms with van der Waals surface area (Å²) in [6.07, 6.45) is 6.58. The van der Waals surface area contributed by atoms with Gasteiger partial charge in [-0.3, -0.25) is 19.9 Å². The van der Waals surface area contributed by atoms with Gasteiger partial charge in [0.2, 0.25) is 5.82 Å². The van der Waals surface area contributed by atoms with Crippen LogP contribution in [0, 0.1) is 13.8 Å². The van der Waals surface area contributed by atoms with Crippen molar-refractivity contribution in [3.05, 3.63) is 65.5 Å². The SMILES string of the molecule is Cc1ccc2nc(C)c(C(=O)N3CCCC3c3nc(-c4cnccn4)n[nH]3)cc2c1. The molecule has 0 aliphatic carbocycles. The van der Waals surface area contributed by atoms with Crippen molar-refractivity contribution in [1.82, 2.24) is 35.0 Å². The van der Waals surface area contributed by atoms with Crippen LogP contribution in [0.1, 0.15) is 46.3 Å². The number of fused-ring (bicyclic) bond motifs is 1. The fourth-order valence-electron chi connectivity index (χ4n) is 4.01. The Balaban J connectivity index is 1.47. The highest BCUT2D eigenvalue weighted by Crippen LogP contribution is 2.32. The molecule has 4 heterocycles. The molecule has 1 amide bonds. The van der Waals surface area contributed by atoms with Gasteiger partial charge in [0.05, 0.1) is 29.0 Å². The second-order valence-corrected chi connectivity index (χ2v) is 7.61. The first kappa shape index (κ1) is 18.4. The Labute approximate surface area is 173 Å². The minimum absolute atomic E-state index is 0.0247. The average Bonchev–Trinajstić information content (AvgIpc) is 3.43. The van der Waals surface area contributed by atoms with E-state index >= 15 is 0 Å².